The Morgan fingerprint density at radius 1 is 1.14 bits per heavy atom. The molecular weight excluding hydrogens is 292 g/mol. The van der Waals surface area contributed by atoms with Crippen LogP contribution in [0.15, 0.2) is 24.3 Å². The summed E-state index contributed by atoms with van der Waals surface area (Å²) in [6.07, 6.45) is 1.15. The molecule has 0 saturated heterocycles. The van der Waals surface area contributed by atoms with Gasteiger partial charge < -0.3 is 10.6 Å². The van der Waals surface area contributed by atoms with Gasteiger partial charge in [0.25, 0.3) is 5.91 Å². The van der Waals surface area contributed by atoms with Gasteiger partial charge in [0.1, 0.15) is 0 Å². The first-order chi connectivity index (χ1) is 9.67. The van der Waals surface area contributed by atoms with Crippen molar-refractivity contribution in [1.82, 2.24) is 10.6 Å². The Labute approximate surface area is 124 Å². The molecule has 0 aliphatic heterocycles. The Morgan fingerprint density at radius 2 is 1.71 bits per heavy atom. The topological polar surface area (TPSA) is 92.3 Å². The van der Waals surface area contributed by atoms with Gasteiger partial charge in [-0.15, -0.1) is 0 Å². The number of amides is 2. The van der Waals surface area contributed by atoms with E-state index in [0.717, 1.165) is 6.26 Å². The number of nitrogens with one attached hydrogen (secondary N) is 2. The van der Waals surface area contributed by atoms with Crippen LogP contribution in [0.1, 0.15) is 29.8 Å². The molecule has 0 aromatic heterocycles. The first-order valence-corrected chi connectivity index (χ1v) is 8.57. The molecule has 6 nitrogen and oxygen atoms in total. The maximum absolute atomic E-state index is 11.8. The lowest BCUT2D eigenvalue weighted by Crippen LogP contribution is -2.39. The minimum absolute atomic E-state index is 0.0182. The van der Waals surface area contributed by atoms with Crippen molar-refractivity contribution in [2.75, 3.05) is 12.8 Å². The molecule has 1 aromatic rings. The molecule has 21 heavy (non-hydrogen) atoms. The molecule has 0 atom stereocenters. The summed E-state index contributed by atoms with van der Waals surface area (Å²) in [5, 5.41) is 5.17. The molecule has 0 saturated carbocycles. The van der Waals surface area contributed by atoms with E-state index in [0.29, 0.717) is 11.1 Å². The average molecular weight is 312 g/mol. The highest BCUT2D eigenvalue weighted by Crippen LogP contribution is 2.07. The number of carbonyl (C=O) groups is 2. The Bertz CT molecular complexity index is 606. The van der Waals surface area contributed by atoms with E-state index in [1.54, 1.807) is 12.1 Å². The number of hydrogen-bond donors (Lipinski definition) is 2. The highest BCUT2D eigenvalue weighted by Gasteiger charge is 2.10. The molecule has 0 heterocycles. The molecule has 7 heteroatoms. The van der Waals surface area contributed by atoms with Crippen LogP contribution < -0.4 is 10.6 Å². The molecule has 2 amide bonds. The standard InChI is InChI=1S/C14H20N2O4S/c1-10(2)16-13(17)8-15-14(18)12-6-4-11(5-7-12)9-21(3,19)20/h4-7,10H,8-9H2,1-3H3,(H,15,18)(H,16,17). The van der Waals surface area contributed by atoms with E-state index >= 15 is 0 Å². The van der Waals surface area contributed by atoms with Crippen LogP contribution >= 0.6 is 0 Å². The van der Waals surface area contributed by atoms with Crippen molar-refractivity contribution in [3.05, 3.63) is 35.4 Å². The van der Waals surface area contributed by atoms with Crippen LogP contribution in [-0.4, -0.2) is 39.1 Å². The molecule has 0 aliphatic rings. The quantitative estimate of drug-likeness (QED) is 0.799. The van der Waals surface area contributed by atoms with Crippen molar-refractivity contribution in [3.63, 3.8) is 0 Å². The maximum atomic E-state index is 11.8. The Hall–Kier alpha value is -1.89. The van der Waals surface area contributed by atoms with Crippen molar-refractivity contribution >= 4 is 21.7 Å². The third kappa shape index (κ3) is 6.89. The molecule has 1 aromatic carbocycles. The van der Waals surface area contributed by atoms with Crippen LogP contribution in [-0.2, 0) is 20.4 Å². The second-order valence-electron chi connectivity index (χ2n) is 5.17. The lowest BCUT2D eigenvalue weighted by molar-refractivity contribution is -0.120. The van der Waals surface area contributed by atoms with E-state index in [4.69, 9.17) is 0 Å². The summed E-state index contributed by atoms with van der Waals surface area (Å²) < 4.78 is 22.3. The lowest BCUT2D eigenvalue weighted by atomic mass is 10.1. The van der Waals surface area contributed by atoms with Gasteiger partial charge in [-0.1, -0.05) is 12.1 Å². The summed E-state index contributed by atoms with van der Waals surface area (Å²) >= 11 is 0. The Balaban J connectivity index is 2.57. The minimum atomic E-state index is -3.10. The molecule has 0 spiro atoms. The first kappa shape index (κ1) is 17.2. The van der Waals surface area contributed by atoms with Gasteiger partial charge in [0.2, 0.25) is 5.91 Å². The van der Waals surface area contributed by atoms with Gasteiger partial charge in [-0.25, -0.2) is 8.42 Å². The zero-order valence-electron chi connectivity index (χ0n) is 12.3. The van der Waals surface area contributed by atoms with Gasteiger partial charge in [0.05, 0.1) is 12.3 Å². The monoisotopic (exact) mass is 312 g/mol. The zero-order chi connectivity index (χ0) is 16.0. The molecule has 0 bridgehead atoms. The van der Waals surface area contributed by atoms with Crippen LogP contribution in [0.25, 0.3) is 0 Å². The second-order valence-corrected chi connectivity index (χ2v) is 7.31. The number of sulfone groups is 1. The fourth-order valence-corrected chi connectivity index (χ4v) is 2.49. The molecule has 0 aliphatic carbocycles. The molecule has 0 radical (unpaired) electrons. The molecule has 0 unspecified atom stereocenters. The zero-order valence-corrected chi connectivity index (χ0v) is 13.2. The van der Waals surface area contributed by atoms with E-state index in [1.165, 1.54) is 12.1 Å². The van der Waals surface area contributed by atoms with E-state index in [1.807, 2.05) is 13.8 Å². The molecular formula is C14H20N2O4S. The van der Waals surface area contributed by atoms with Crippen LogP contribution in [0.4, 0.5) is 0 Å². The van der Waals surface area contributed by atoms with Crippen LogP contribution in [0.3, 0.4) is 0 Å². The summed E-state index contributed by atoms with van der Waals surface area (Å²) in [6, 6.07) is 6.27. The second kappa shape index (κ2) is 7.21. The molecule has 1 rings (SSSR count). The summed E-state index contributed by atoms with van der Waals surface area (Å²) in [4.78, 5) is 23.2. The van der Waals surface area contributed by atoms with E-state index in [2.05, 4.69) is 10.6 Å². The van der Waals surface area contributed by atoms with Crippen molar-refractivity contribution in [2.45, 2.75) is 25.6 Å². The van der Waals surface area contributed by atoms with Crippen LogP contribution in [0.5, 0.6) is 0 Å². The number of rotatable bonds is 6. The highest BCUT2D eigenvalue weighted by atomic mass is 32.2. The van der Waals surface area contributed by atoms with Crippen LogP contribution in [0, 0.1) is 0 Å². The van der Waals surface area contributed by atoms with Gasteiger partial charge in [-0.05, 0) is 31.5 Å². The van der Waals surface area contributed by atoms with Gasteiger partial charge in [0.15, 0.2) is 9.84 Å². The van der Waals surface area contributed by atoms with Gasteiger partial charge in [0, 0.05) is 17.9 Å². The largest absolute Gasteiger partial charge is 0.352 e. The smallest absolute Gasteiger partial charge is 0.251 e. The SMILES string of the molecule is CC(C)NC(=O)CNC(=O)c1ccc(CS(C)(=O)=O)cc1. The molecule has 116 valence electrons. The number of carbonyl (C=O) groups excluding carboxylic acids is 2. The Kier molecular flexibility index (Phi) is 5.90. The van der Waals surface area contributed by atoms with Crippen molar-refractivity contribution in [2.24, 2.45) is 0 Å². The number of hydrogen-bond acceptors (Lipinski definition) is 4. The normalized spacial score (nSPS) is 11.2. The third-order valence-corrected chi connectivity index (χ3v) is 3.36. The number of benzene rings is 1. The summed E-state index contributed by atoms with van der Waals surface area (Å²) in [6.45, 7) is 3.57. The van der Waals surface area contributed by atoms with E-state index < -0.39 is 9.84 Å². The lowest BCUT2D eigenvalue weighted by Gasteiger charge is -2.09. The third-order valence-electron chi connectivity index (χ3n) is 2.50. The Morgan fingerprint density at radius 3 is 2.19 bits per heavy atom. The highest BCUT2D eigenvalue weighted by molar-refractivity contribution is 7.89. The summed E-state index contributed by atoms with van der Waals surface area (Å²) in [5.41, 5.74) is 0.996. The average Bonchev–Trinajstić information content (AvgIpc) is 2.34. The van der Waals surface area contributed by atoms with E-state index in [-0.39, 0.29) is 30.2 Å². The van der Waals surface area contributed by atoms with Gasteiger partial charge in [-0.3, -0.25) is 9.59 Å². The fraction of sp³-hybridized carbons (Fsp3) is 0.429. The predicted molar refractivity (Wildman–Crippen MR) is 80.6 cm³/mol. The predicted octanol–water partition coefficient (Wildman–Crippen LogP) is 0.486. The summed E-state index contributed by atoms with van der Waals surface area (Å²) in [7, 11) is -3.10. The molecule has 2 N–H and O–H groups in total. The maximum Gasteiger partial charge on any atom is 0.251 e. The van der Waals surface area contributed by atoms with Crippen molar-refractivity contribution < 1.29 is 18.0 Å². The fourth-order valence-electron chi connectivity index (χ4n) is 1.69. The van der Waals surface area contributed by atoms with E-state index in [9.17, 15) is 18.0 Å². The van der Waals surface area contributed by atoms with Gasteiger partial charge >= 0.3 is 0 Å². The van der Waals surface area contributed by atoms with Gasteiger partial charge in [-0.2, -0.15) is 0 Å². The first-order valence-electron chi connectivity index (χ1n) is 6.51. The summed E-state index contributed by atoms with van der Waals surface area (Å²) in [5.74, 6) is -0.696. The molecule has 0 fully saturated rings. The van der Waals surface area contributed by atoms with Crippen molar-refractivity contribution in [1.29, 1.82) is 0 Å². The van der Waals surface area contributed by atoms with Crippen molar-refractivity contribution in [3.8, 4) is 0 Å². The van der Waals surface area contributed by atoms with Crippen LogP contribution in [0.2, 0.25) is 0 Å². The minimum Gasteiger partial charge on any atom is -0.352 e.